The van der Waals surface area contributed by atoms with Gasteiger partial charge in [0.25, 0.3) is 0 Å². The lowest BCUT2D eigenvalue weighted by atomic mass is 10.2. The van der Waals surface area contributed by atoms with E-state index in [4.69, 9.17) is 5.26 Å². The molecule has 110 valence electrons. The SMILES string of the molecule is Cc1sc(Br)cc1S(=O)(=O)N1CCN(C(C)C#N)CC1. The van der Waals surface area contributed by atoms with Gasteiger partial charge in [0.1, 0.15) is 0 Å². The molecule has 1 unspecified atom stereocenters. The number of piperazine rings is 1. The van der Waals surface area contributed by atoms with Crippen LogP contribution in [0.25, 0.3) is 0 Å². The zero-order chi connectivity index (χ0) is 14.9. The number of hydrogen-bond acceptors (Lipinski definition) is 5. The van der Waals surface area contributed by atoms with E-state index in [1.165, 1.54) is 15.6 Å². The maximum atomic E-state index is 12.6. The summed E-state index contributed by atoms with van der Waals surface area (Å²) in [6.45, 7) is 5.71. The Morgan fingerprint density at radius 3 is 2.45 bits per heavy atom. The third-order valence-electron chi connectivity index (χ3n) is 3.47. The van der Waals surface area contributed by atoms with Crippen LogP contribution < -0.4 is 0 Å². The fraction of sp³-hybridized carbons (Fsp3) is 0.583. The second-order valence-corrected chi connectivity index (χ2v) is 9.26. The van der Waals surface area contributed by atoms with Crippen molar-refractivity contribution in [1.82, 2.24) is 9.21 Å². The van der Waals surface area contributed by atoms with E-state index in [0.717, 1.165) is 8.66 Å². The molecule has 1 fully saturated rings. The van der Waals surface area contributed by atoms with Crippen LogP contribution in [0.2, 0.25) is 0 Å². The molecule has 0 spiro atoms. The summed E-state index contributed by atoms with van der Waals surface area (Å²) in [6, 6.07) is 3.68. The molecule has 20 heavy (non-hydrogen) atoms. The normalized spacial score (nSPS) is 19.7. The highest BCUT2D eigenvalue weighted by atomic mass is 79.9. The highest BCUT2D eigenvalue weighted by Gasteiger charge is 2.31. The molecule has 1 aliphatic heterocycles. The molecule has 1 saturated heterocycles. The third-order valence-corrected chi connectivity index (χ3v) is 7.18. The lowest BCUT2D eigenvalue weighted by Gasteiger charge is -2.35. The van der Waals surface area contributed by atoms with E-state index in [1.807, 2.05) is 18.7 Å². The minimum absolute atomic E-state index is 0.170. The van der Waals surface area contributed by atoms with Crippen LogP contribution >= 0.6 is 27.3 Å². The first-order valence-corrected chi connectivity index (χ1v) is 9.31. The minimum Gasteiger partial charge on any atom is -0.286 e. The molecule has 1 atom stereocenters. The second-order valence-electron chi connectivity index (χ2n) is 4.72. The molecule has 0 saturated carbocycles. The highest BCUT2D eigenvalue weighted by Crippen LogP contribution is 2.31. The zero-order valence-electron chi connectivity index (χ0n) is 11.3. The monoisotopic (exact) mass is 377 g/mol. The Hall–Kier alpha value is -0.460. The molecular weight excluding hydrogens is 362 g/mol. The summed E-state index contributed by atoms with van der Waals surface area (Å²) in [5.74, 6) is 0. The second kappa shape index (κ2) is 6.12. The van der Waals surface area contributed by atoms with E-state index in [2.05, 4.69) is 22.0 Å². The maximum absolute atomic E-state index is 12.6. The quantitative estimate of drug-likeness (QED) is 0.808. The van der Waals surface area contributed by atoms with Crippen molar-refractivity contribution in [2.45, 2.75) is 24.8 Å². The van der Waals surface area contributed by atoms with E-state index in [0.29, 0.717) is 31.1 Å². The summed E-state index contributed by atoms with van der Waals surface area (Å²) in [5.41, 5.74) is 0. The number of halogens is 1. The number of thiophene rings is 1. The van der Waals surface area contributed by atoms with Crippen LogP contribution in [0.5, 0.6) is 0 Å². The number of sulfonamides is 1. The average molecular weight is 378 g/mol. The van der Waals surface area contributed by atoms with Crippen LogP contribution in [0.1, 0.15) is 11.8 Å². The topological polar surface area (TPSA) is 64.4 Å². The Kier molecular flexibility index (Phi) is 4.87. The Bertz CT molecular complexity index is 628. The van der Waals surface area contributed by atoms with Gasteiger partial charge in [-0.2, -0.15) is 9.57 Å². The molecule has 2 heterocycles. The summed E-state index contributed by atoms with van der Waals surface area (Å²) in [7, 11) is -3.42. The molecule has 0 aliphatic carbocycles. The van der Waals surface area contributed by atoms with Crippen LogP contribution in [-0.2, 0) is 10.0 Å². The summed E-state index contributed by atoms with van der Waals surface area (Å²) in [5, 5.41) is 8.90. The van der Waals surface area contributed by atoms with Gasteiger partial charge in [-0.05, 0) is 35.8 Å². The number of aryl methyl sites for hydroxylation is 1. The van der Waals surface area contributed by atoms with Crippen LogP contribution in [0.3, 0.4) is 0 Å². The van der Waals surface area contributed by atoms with Crippen LogP contribution in [0, 0.1) is 18.3 Å². The summed E-state index contributed by atoms with van der Waals surface area (Å²) in [4.78, 5) is 3.18. The maximum Gasteiger partial charge on any atom is 0.244 e. The molecule has 2 rings (SSSR count). The summed E-state index contributed by atoms with van der Waals surface area (Å²) >= 11 is 4.76. The van der Waals surface area contributed by atoms with Gasteiger partial charge in [-0.1, -0.05) is 0 Å². The lowest BCUT2D eigenvalue weighted by Crippen LogP contribution is -2.50. The number of nitriles is 1. The summed E-state index contributed by atoms with van der Waals surface area (Å²) < 4.78 is 27.5. The van der Waals surface area contributed by atoms with Crippen molar-refractivity contribution in [3.05, 3.63) is 14.7 Å². The van der Waals surface area contributed by atoms with Crippen molar-refractivity contribution in [1.29, 1.82) is 5.26 Å². The standard InChI is InChI=1S/C12H16BrN3O2S2/c1-9(8-14)15-3-5-16(6-4-15)20(17,18)11-7-12(13)19-10(11)2/h7,9H,3-6H2,1-2H3. The average Bonchev–Trinajstić information content (AvgIpc) is 2.77. The molecule has 5 nitrogen and oxygen atoms in total. The fourth-order valence-corrected chi connectivity index (χ4v) is 6.04. The molecule has 1 aliphatic rings. The molecule has 1 aromatic heterocycles. The first kappa shape index (κ1) is 15.9. The van der Waals surface area contributed by atoms with Crippen molar-refractivity contribution in [3.8, 4) is 6.07 Å². The lowest BCUT2D eigenvalue weighted by molar-refractivity contribution is 0.169. The summed E-state index contributed by atoms with van der Waals surface area (Å²) in [6.07, 6.45) is 0. The molecular formula is C12H16BrN3O2S2. The smallest absolute Gasteiger partial charge is 0.244 e. The number of rotatable bonds is 3. The van der Waals surface area contributed by atoms with Gasteiger partial charge in [-0.15, -0.1) is 11.3 Å². The van der Waals surface area contributed by atoms with Crippen molar-refractivity contribution in [3.63, 3.8) is 0 Å². The van der Waals surface area contributed by atoms with E-state index in [-0.39, 0.29) is 6.04 Å². The Balaban J connectivity index is 2.14. The van der Waals surface area contributed by atoms with E-state index in [1.54, 1.807) is 6.07 Å². The van der Waals surface area contributed by atoms with Crippen LogP contribution in [0.4, 0.5) is 0 Å². The Labute approximate surface area is 132 Å². The van der Waals surface area contributed by atoms with Crippen LogP contribution in [0.15, 0.2) is 14.7 Å². The van der Waals surface area contributed by atoms with Gasteiger partial charge in [0.05, 0.1) is 20.8 Å². The molecule has 0 N–H and O–H groups in total. The molecule has 1 aromatic rings. The number of nitrogens with zero attached hydrogens (tertiary/aromatic N) is 3. The predicted octanol–water partition coefficient (Wildman–Crippen LogP) is 2.04. The fourth-order valence-electron chi connectivity index (χ4n) is 2.24. The first-order valence-electron chi connectivity index (χ1n) is 6.26. The van der Waals surface area contributed by atoms with Gasteiger partial charge < -0.3 is 0 Å². The van der Waals surface area contributed by atoms with Gasteiger partial charge in [0, 0.05) is 31.1 Å². The van der Waals surface area contributed by atoms with E-state index < -0.39 is 10.0 Å². The van der Waals surface area contributed by atoms with Gasteiger partial charge in [-0.3, -0.25) is 4.90 Å². The molecule has 0 bridgehead atoms. The van der Waals surface area contributed by atoms with Gasteiger partial charge in [0.2, 0.25) is 10.0 Å². The minimum atomic E-state index is -3.42. The van der Waals surface area contributed by atoms with Crippen molar-refractivity contribution >= 4 is 37.3 Å². The first-order chi connectivity index (χ1) is 9.36. The van der Waals surface area contributed by atoms with Crippen molar-refractivity contribution < 1.29 is 8.42 Å². The molecule has 0 aromatic carbocycles. The molecule has 8 heteroatoms. The molecule has 0 radical (unpaired) electrons. The third kappa shape index (κ3) is 3.07. The predicted molar refractivity (Wildman–Crippen MR) is 82.2 cm³/mol. The zero-order valence-corrected chi connectivity index (χ0v) is 14.6. The van der Waals surface area contributed by atoms with Crippen LogP contribution in [-0.4, -0.2) is 49.8 Å². The highest BCUT2D eigenvalue weighted by molar-refractivity contribution is 9.11. The van der Waals surface area contributed by atoms with Crippen molar-refractivity contribution in [2.75, 3.05) is 26.2 Å². The Morgan fingerprint density at radius 1 is 1.40 bits per heavy atom. The largest absolute Gasteiger partial charge is 0.286 e. The molecule has 0 amide bonds. The van der Waals surface area contributed by atoms with Gasteiger partial charge >= 0.3 is 0 Å². The van der Waals surface area contributed by atoms with Crippen molar-refractivity contribution in [2.24, 2.45) is 0 Å². The van der Waals surface area contributed by atoms with E-state index in [9.17, 15) is 8.42 Å². The Morgan fingerprint density at radius 2 is 2.00 bits per heavy atom. The number of hydrogen-bond donors (Lipinski definition) is 0. The van der Waals surface area contributed by atoms with Gasteiger partial charge in [-0.25, -0.2) is 8.42 Å². The van der Waals surface area contributed by atoms with Gasteiger partial charge in [0.15, 0.2) is 0 Å². The van der Waals surface area contributed by atoms with E-state index >= 15 is 0 Å².